The number of ether oxygens (including phenoxy) is 3. The van der Waals surface area contributed by atoms with E-state index in [2.05, 4.69) is 16.9 Å². The number of rotatable bonds is 7. The number of hydrogen-bond donors (Lipinski definition) is 0. The summed E-state index contributed by atoms with van der Waals surface area (Å²) in [4.78, 5) is 14.9. The van der Waals surface area contributed by atoms with Crippen LogP contribution in [0.1, 0.15) is 60.2 Å². The molecular formula is C27H32F3NO4. The van der Waals surface area contributed by atoms with Crippen molar-refractivity contribution in [1.29, 1.82) is 0 Å². The van der Waals surface area contributed by atoms with Gasteiger partial charge in [-0.05, 0) is 43.0 Å². The highest BCUT2D eigenvalue weighted by Gasteiger charge is 2.45. The van der Waals surface area contributed by atoms with E-state index in [9.17, 15) is 18.0 Å². The number of hydrogen-bond acceptors (Lipinski definition) is 4. The van der Waals surface area contributed by atoms with Gasteiger partial charge >= 0.3 is 6.18 Å². The second-order valence-corrected chi connectivity index (χ2v) is 9.31. The van der Waals surface area contributed by atoms with Crippen molar-refractivity contribution in [2.45, 2.75) is 63.2 Å². The second kappa shape index (κ2) is 11.1. The van der Waals surface area contributed by atoms with Gasteiger partial charge in [-0.3, -0.25) is 4.79 Å². The maximum Gasteiger partial charge on any atom is 0.411 e. The molecule has 8 heteroatoms. The fourth-order valence-corrected chi connectivity index (χ4v) is 5.02. The molecule has 0 radical (unpaired) electrons. The van der Waals surface area contributed by atoms with Gasteiger partial charge in [0.1, 0.15) is 6.61 Å². The first kappa shape index (κ1) is 25.7. The SMILES string of the molecule is CCO[C@H]1C[C@@H](c2ccccc2)OC2(CCN(C(=O)c3ccc(COCC(F)(F)F)cc3)CC2)C1. The molecule has 0 bridgehead atoms. The van der Waals surface area contributed by atoms with Crippen LogP contribution in [0.15, 0.2) is 54.6 Å². The average molecular weight is 492 g/mol. The van der Waals surface area contributed by atoms with Gasteiger partial charge in [-0.1, -0.05) is 42.5 Å². The molecule has 0 aromatic heterocycles. The van der Waals surface area contributed by atoms with Crippen LogP contribution in [-0.2, 0) is 20.8 Å². The minimum absolute atomic E-state index is 0.0316. The Morgan fingerprint density at radius 2 is 1.77 bits per heavy atom. The number of amides is 1. The van der Waals surface area contributed by atoms with E-state index in [-0.39, 0.29) is 30.3 Å². The molecular weight excluding hydrogens is 459 g/mol. The minimum Gasteiger partial charge on any atom is -0.378 e. The molecule has 5 nitrogen and oxygen atoms in total. The first-order chi connectivity index (χ1) is 16.8. The third kappa shape index (κ3) is 6.84. The molecule has 4 rings (SSSR count). The van der Waals surface area contributed by atoms with E-state index < -0.39 is 12.8 Å². The van der Waals surface area contributed by atoms with Crippen LogP contribution in [0.2, 0.25) is 0 Å². The van der Waals surface area contributed by atoms with Crippen molar-refractivity contribution in [3.05, 3.63) is 71.3 Å². The molecule has 190 valence electrons. The molecule has 2 heterocycles. The monoisotopic (exact) mass is 491 g/mol. The van der Waals surface area contributed by atoms with Crippen molar-refractivity contribution < 1.29 is 32.2 Å². The van der Waals surface area contributed by atoms with Crippen LogP contribution in [0, 0.1) is 0 Å². The minimum atomic E-state index is -4.35. The van der Waals surface area contributed by atoms with Gasteiger partial charge in [0.2, 0.25) is 0 Å². The quantitative estimate of drug-likeness (QED) is 0.499. The Morgan fingerprint density at radius 3 is 2.40 bits per heavy atom. The predicted octanol–water partition coefficient (Wildman–Crippen LogP) is 5.70. The average Bonchev–Trinajstić information content (AvgIpc) is 2.84. The Hall–Kier alpha value is -2.42. The molecule has 0 unspecified atom stereocenters. The Labute approximate surface area is 204 Å². The summed E-state index contributed by atoms with van der Waals surface area (Å²) < 4.78 is 54.1. The topological polar surface area (TPSA) is 48.0 Å². The lowest BCUT2D eigenvalue weighted by atomic mass is 9.80. The third-order valence-electron chi connectivity index (χ3n) is 6.74. The highest BCUT2D eigenvalue weighted by atomic mass is 19.4. The van der Waals surface area contributed by atoms with Crippen LogP contribution in [0.25, 0.3) is 0 Å². The highest BCUT2D eigenvalue weighted by molar-refractivity contribution is 5.94. The van der Waals surface area contributed by atoms with Crippen LogP contribution in [0.5, 0.6) is 0 Å². The van der Waals surface area contributed by atoms with Gasteiger partial charge in [0.05, 0.1) is 24.4 Å². The first-order valence-corrected chi connectivity index (χ1v) is 12.1. The summed E-state index contributed by atoms with van der Waals surface area (Å²) >= 11 is 0. The molecule has 2 fully saturated rings. The zero-order chi connectivity index (χ0) is 24.9. The third-order valence-corrected chi connectivity index (χ3v) is 6.74. The lowest BCUT2D eigenvalue weighted by Gasteiger charge is -2.48. The predicted molar refractivity (Wildman–Crippen MR) is 125 cm³/mol. The lowest BCUT2D eigenvalue weighted by molar-refractivity contribution is -0.190. The number of halogens is 3. The van der Waals surface area contributed by atoms with Gasteiger partial charge in [-0.15, -0.1) is 0 Å². The van der Waals surface area contributed by atoms with E-state index in [1.807, 2.05) is 30.0 Å². The van der Waals surface area contributed by atoms with Gasteiger partial charge < -0.3 is 19.1 Å². The molecule has 0 N–H and O–H groups in total. The second-order valence-electron chi connectivity index (χ2n) is 9.31. The summed E-state index contributed by atoms with van der Waals surface area (Å²) in [6.45, 7) is 2.38. The van der Waals surface area contributed by atoms with Crippen LogP contribution in [0.4, 0.5) is 13.2 Å². The summed E-state index contributed by atoms with van der Waals surface area (Å²) in [6, 6.07) is 16.8. The number of piperidine rings is 1. The van der Waals surface area contributed by atoms with Crippen molar-refractivity contribution in [3.63, 3.8) is 0 Å². The Morgan fingerprint density at radius 1 is 1.09 bits per heavy atom. The molecule has 35 heavy (non-hydrogen) atoms. The maximum absolute atomic E-state index is 13.1. The molecule has 1 amide bonds. The normalized spacial score (nSPS) is 22.3. The molecule has 1 spiro atoms. The summed E-state index contributed by atoms with van der Waals surface area (Å²) in [5.41, 5.74) is 1.93. The zero-order valence-electron chi connectivity index (χ0n) is 19.9. The van der Waals surface area contributed by atoms with Gasteiger partial charge in [0.25, 0.3) is 5.91 Å². The van der Waals surface area contributed by atoms with Gasteiger partial charge in [-0.25, -0.2) is 0 Å². The fourth-order valence-electron chi connectivity index (χ4n) is 5.02. The maximum atomic E-state index is 13.1. The van der Waals surface area contributed by atoms with E-state index in [1.165, 1.54) is 0 Å². The van der Waals surface area contributed by atoms with E-state index in [4.69, 9.17) is 9.47 Å². The van der Waals surface area contributed by atoms with Gasteiger partial charge in [-0.2, -0.15) is 13.2 Å². The number of benzene rings is 2. The molecule has 2 aliphatic heterocycles. The number of nitrogens with zero attached hydrogens (tertiary/aromatic N) is 1. The van der Waals surface area contributed by atoms with E-state index >= 15 is 0 Å². The molecule has 0 saturated carbocycles. The van der Waals surface area contributed by atoms with Crippen molar-refractivity contribution in [1.82, 2.24) is 4.90 Å². The summed E-state index contributed by atoms with van der Waals surface area (Å²) in [7, 11) is 0. The van der Waals surface area contributed by atoms with Crippen LogP contribution < -0.4 is 0 Å². The number of carbonyl (C=O) groups excluding carboxylic acids is 1. The van der Waals surface area contributed by atoms with Gasteiger partial charge in [0, 0.05) is 38.1 Å². The molecule has 2 aromatic rings. The number of likely N-dealkylation sites (tertiary alicyclic amines) is 1. The van der Waals surface area contributed by atoms with Crippen molar-refractivity contribution in [2.75, 3.05) is 26.3 Å². The Bertz CT molecular complexity index is 957. The Kier molecular flexibility index (Phi) is 8.14. The summed E-state index contributed by atoms with van der Waals surface area (Å²) in [6.07, 6.45) is -1.17. The number of carbonyl (C=O) groups is 1. The van der Waals surface area contributed by atoms with Crippen molar-refractivity contribution in [3.8, 4) is 0 Å². The largest absolute Gasteiger partial charge is 0.411 e. The standard InChI is InChI=1S/C27H32F3NO4/c1-2-34-23-16-24(21-6-4-3-5-7-21)35-26(17-23)12-14-31(15-13-26)25(32)22-10-8-20(9-11-22)18-33-19-27(28,29)30/h3-11,23-24H,2,12-19H2,1H3/t23-,24-/m0/s1. The lowest BCUT2D eigenvalue weighted by Crippen LogP contribution is -2.52. The Balaban J connectivity index is 1.35. The number of alkyl halides is 3. The first-order valence-electron chi connectivity index (χ1n) is 12.1. The van der Waals surface area contributed by atoms with Crippen LogP contribution in [0.3, 0.4) is 0 Å². The molecule has 0 aliphatic carbocycles. The van der Waals surface area contributed by atoms with E-state index in [1.54, 1.807) is 24.3 Å². The molecule has 2 atom stereocenters. The summed E-state index contributed by atoms with van der Waals surface area (Å²) in [5.74, 6) is -0.0839. The fraction of sp³-hybridized carbons (Fsp3) is 0.519. The smallest absolute Gasteiger partial charge is 0.378 e. The molecule has 2 aromatic carbocycles. The van der Waals surface area contributed by atoms with Gasteiger partial charge in [0.15, 0.2) is 0 Å². The van der Waals surface area contributed by atoms with E-state index in [0.717, 1.165) is 31.2 Å². The van der Waals surface area contributed by atoms with Crippen LogP contribution >= 0.6 is 0 Å². The molecule has 2 aliphatic rings. The summed E-state index contributed by atoms with van der Waals surface area (Å²) in [5, 5.41) is 0. The highest BCUT2D eigenvalue weighted by Crippen LogP contribution is 2.44. The van der Waals surface area contributed by atoms with Crippen molar-refractivity contribution >= 4 is 5.91 Å². The zero-order valence-corrected chi connectivity index (χ0v) is 19.9. The van der Waals surface area contributed by atoms with E-state index in [0.29, 0.717) is 30.8 Å². The molecule has 2 saturated heterocycles. The van der Waals surface area contributed by atoms with Crippen LogP contribution in [-0.4, -0.2) is 55.0 Å². The van der Waals surface area contributed by atoms with Crippen molar-refractivity contribution in [2.24, 2.45) is 0 Å².